The molecule has 0 saturated carbocycles. The average molecular weight is 465 g/mol. The predicted octanol–water partition coefficient (Wildman–Crippen LogP) is 5.36. The lowest BCUT2D eigenvalue weighted by Crippen LogP contribution is -2.04. The summed E-state index contributed by atoms with van der Waals surface area (Å²) in [5.74, 6) is 2.91. The number of carbonyl (C=O) groups is 1. The van der Waals surface area contributed by atoms with Crippen LogP contribution in [0.15, 0.2) is 64.1 Å². The molecule has 3 rings (SSSR count). The highest BCUT2D eigenvalue weighted by molar-refractivity contribution is 7.93. The molecule has 1 amide bonds. The lowest BCUT2D eigenvalue weighted by Gasteiger charge is -2.05. The van der Waals surface area contributed by atoms with Crippen LogP contribution in [0.5, 0.6) is 0 Å². The van der Waals surface area contributed by atoms with E-state index in [-0.39, 0.29) is 26.1 Å². The number of aromatic nitrogens is 1. The van der Waals surface area contributed by atoms with Gasteiger partial charge in [-0.15, -0.1) is 0 Å². The number of carbonyl (C=O) groups excluding carboxylic acids is 1. The van der Waals surface area contributed by atoms with Crippen LogP contribution in [0, 0.1) is 23.5 Å². The minimum Gasteiger partial charge on any atom is -0.266 e. The molecule has 3 aromatic rings. The zero-order valence-electron chi connectivity index (χ0n) is 15.3. The van der Waals surface area contributed by atoms with Crippen LogP contribution in [-0.2, 0) is 9.73 Å². The van der Waals surface area contributed by atoms with Gasteiger partial charge in [0.2, 0.25) is 0 Å². The first-order valence-corrected chi connectivity index (χ1v) is 11.0. The lowest BCUT2D eigenvalue weighted by molar-refractivity contribution is 0.100. The van der Waals surface area contributed by atoms with Crippen LogP contribution >= 0.6 is 23.2 Å². The molecular formula is C21H12Cl2F2N2O2S. The van der Waals surface area contributed by atoms with Crippen molar-refractivity contribution in [2.24, 2.45) is 4.36 Å². The Kier molecular flexibility index (Phi) is 6.52. The van der Waals surface area contributed by atoms with E-state index in [4.69, 9.17) is 23.2 Å². The third-order valence-corrected chi connectivity index (χ3v) is 5.85. The maximum Gasteiger partial charge on any atom is 0.286 e. The monoisotopic (exact) mass is 464 g/mol. The summed E-state index contributed by atoms with van der Waals surface area (Å²) in [6, 6.07) is 8.71. The Morgan fingerprint density at radius 3 is 2.40 bits per heavy atom. The highest BCUT2D eigenvalue weighted by atomic mass is 35.5. The number of amides is 1. The average Bonchev–Trinajstić information content (AvgIpc) is 2.66. The number of halogens is 4. The Bertz CT molecular complexity index is 1320. The number of rotatable bonds is 2. The van der Waals surface area contributed by atoms with E-state index in [2.05, 4.69) is 21.2 Å². The summed E-state index contributed by atoms with van der Waals surface area (Å²) in [7, 11) is -3.12. The van der Waals surface area contributed by atoms with Gasteiger partial charge < -0.3 is 0 Å². The van der Waals surface area contributed by atoms with Gasteiger partial charge in [0.15, 0.2) is 0 Å². The third-order valence-electron chi connectivity index (χ3n) is 3.79. The van der Waals surface area contributed by atoms with Gasteiger partial charge in [0.25, 0.3) is 5.91 Å². The van der Waals surface area contributed by atoms with Gasteiger partial charge in [-0.3, -0.25) is 9.78 Å². The van der Waals surface area contributed by atoms with E-state index in [0.29, 0.717) is 5.56 Å². The number of hydrogen-bond donors (Lipinski definition) is 0. The summed E-state index contributed by atoms with van der Waals surface area (Å²) in [4.78, 5) is 16.6. The van der Waals surface area contributed by atoms with E-state index < -0.39 is 27.3 Å². The second-order valence-electron chi connectivity index (χ2n) is 6.14. The van der Waals surface area contributed by atoms with Crippen molar-refractivity contribution in [3.63, 3.8) is 0 Å². The zero-order valence-corrected chi connectivity index (χ0v) is 17.7. The quantitative estimate of drug-likeness (QED) is 0.479. The molecule has 9 heteroatoms. The highest BCUT2D eigenvalue weighted by Gasteiger charge is 2.13. The van der Waals surface area contributed by atoms with Gasteiger partial charge in [0, 0.05) is 40.3 Å². The van der Waals surface area contributed by atoms with Crippen LogP contribution in [0.1, 0.15) is 21.5 Å². The van der Waals surface area contributed by atoms with Crippen LogP contribution in [0.2, 0.25) is 10.0 Å². The Hall–Kier alpha value is -2.79. The van der Waals surface area contributed by atoms with Gasteiger partial charge in [-0.25, -0.2) is 13.0 Å². The van der Waals surface area contributed by atoms with Crippen molar-refractivity contribution in [3.05, 3.63) is 93.2 Å². The van der Waals surface area contributed by atoms with E-state index in [1.165, 1.54) is 49.0 Å². The second-order valence-corrected chi connectivity index (χ2v) is 9.27. The fourth-order valence-electron chi connectivity index (χ4n) is 2.37. The summed E-state index contributed by atoms with van der Waals surface area (Å²) in [6.07, 6.45) is 3.91. The molecule has 152 valence electrons. The normalized spacial score (nSPS) is 12.4. The van der Waals surface area contributed by atoms with Gasteiger partial charge in [-0.2, -0.15) is 4.36 Å². The number of nitrogens with zero attached hydrogens (tertiary/aromatic N) is 2. The molecule has 0 saturated heterocycles. The van der Waals surface area contributed by atoms with E-state index in [1.54, 1.807) is 0 Å². The SMILES string of the molecule is CS(=O)(=NC(=O)c1cncc(C#Cc2ccc(F)cc2F)c1)c1cc(Cl)cc(Cl)c1. The number of benzene rings is 2. The maximum absolute atomic E-state index is 13.7. The Balaban J connectivity index is 1.92. The number of hydrogen-bond acceptors (Lipinski definition) is 3. The summed E-state index contributed by atoms with van der Waals surface area (Å²) in [5, 5.41) is 0.531. The molecule has 2 aromatic carbocycles. The van der Waals surface area contributed by atoms with Crippen molar-refractivity contribution >= 4 is 38.8 Å². The van der Waals surface area contributed by atoms with Crippen LogP contribution in [0.3, 0.4) is 0 Å². The van der Waals surface area contributed by atoms with Crippen molar-refractivity contribution in [3.8, 4) is 11.8 Å². The molecule has 0 aliphatic carbocycles. The van der Waals surface area contributed by atoms with Crippen LogP contribution in [-0.4, -0.2) is 21.4 Å². The smallest absolute Gasteiger partial charge is 0.266 e. The highest BCUT2D eigenvalue weighted by Crippen LogP contribution is 2.23. The molecule has 0 fully saturated rings. The van der Waals surface area contributed by atoms with E-state index in [1.807, 2.05) is 0 Å². The molecule has 0 aliphatic rings. The zero-order chi connectivity index (χ0) is 21.9. The predicted molar refractivity (Wildman–Crippen MR) is 112 cm³/mol. The minimum atomic E-state index is -3.12. The molecule has 1 aromatic heterocycles. The first-order chi connectivity index (χ1) is 14.1. The molecule has 1 unspecified atom stereocenters. The first-order valence-electron chi connectivity index (χ1n) is 8.29. The maximum atomic E-state index is 13.7. The Morgan fingerprint density at radius 2 is 1.73 bits per heavy atom. The second kappa shape index (κ2) is 8.92. The lowest BCUT2D eigenvalue weighted by atomic mass is 10.1. The summed E-state index contributed by atoms with van der Waals surface area (Å²) in [5.41, 5.74) is 0.337. The van der Waals surface area contributed by atoms with Crippen molar-refractivity contribution < 1.29 is 17.8 Å². The van der Waals surface area contributed by atoms with Gasteiger partial charge in [0.05, 0.1) is 25.8 Å². The molecule has 0 bridgehead atoms. The molecule has 1 atom stereocenters. The van der Waals surface area contributed by atoms with Crippen molar-refractivity contribution in [2.75, 3.05) is 6.26 Å². The first kappa shape index (κ1) is 21.9. The largest absolute Gasteiger partial charge is 0.286 e. The van der Waals surface area contributed by atoms with Gasteiger partial charge >= 0.3 is 0 Å². The molecule has 0 radical (unpaired) electrons. The standard InChI is InChI=1S/C21H12Cl2F2N2O2S/c1-30(29,19-8-16(22)7-17(23)9-19)27-21(28)15-6-13(11-26-12-15)2-3-14-4-5-18(24)10-20(14)25/h4-12H,1H3. The molecule has 0 N–H and O–H groups in total. The topological polar surface area (TPSA) is 59.4 Å². The summed E-state index contributed by atoms with van der Waals surface area (Å²) < 4.78 is 43.4. The van der Waals surface area contributed by atoms with E-state index >= 15 is 0 Å². The van der Waals surface area contributed by atoms with Crippen LogP contribution in [0.4, 0.5) is 8.78 Å². The van der Waals surface area contributed by atoms with Crippen LogP contribution < -0.4 is 0 Å². The fraction of sp³-hybridized carbons (Fsp3) is 0.0476. The van der Waals surface area contributed by atoms with Gasteiger partial charge in [-0.1, -0.05) is 35.0 Å². The van der Waals surface area contributed by atoms with Crippen molar-refractivity contribution in [1.29, 1.82) is 0 Å². The molecule has 0 spiro atoms. The van der Waals surface area contributed by atoms with E-state index in [0.717, 1.165) is 12.1 Å². The minimum absolute atomic E-state index is 0.00719. The van der Waals surface area contributed by atoms with Crippen LogP contribution in [0.25, 0.3) is 0 Å². The molecule has 0 aliphatic heterocycles. The fourth-order valence-corrected chi connectivity index (χ4v) is 4.24. The van der Waals surface area contributed by atoms with E-state index in [9.17, 15) is 17.8 Å². The van der Waals surface area contributed by atoms with Gasteiger partial charge in [0.1, 0.15) is 11.6 Å². The molecule has 4 nitrogen and oxygen atoms in total. The van der Waals surface area contributed by atoms with Crippen molar-refractivity contribution in [1.82, 2.24) is 4.98 Å². The third kappa shape index (κ3) is 5.42. The Morgan fingerprint density at radius 1 is 1.03 bits per heavy atom. The van der Waals surface area contributed by atoms with Crippen molar-refractivity contribution in [2.45, 2.75) is 4.90 Å². The summed E-state index contributed by atoms with van der Waals surface area (Å²) in [6.45, 7) is 0. The Labute approximate surface area is 182 Å². The summed E-state index contributed by atoms with van der Waals surface area (Å²) >= 11 is 11.9. The van der Waals surface area contributed by atoms with Gasteiger partial charge in [-0.05, 0) is 36.4 Å². The number of pyridine rings is 1. The molecular weight excluding hydrogens is 453 g/mol. The molecule has 30 heavy (non-hydrogen) atoms. The molecule has 1 heterocycles.